The van der Waals surface area contributed by atoms with Crippen molar-refractivity contribution in [2.75, 3.05) is 20.3 Å². The van der Waals surface area contributed by atoms with Gasteiger partial charge in [-0.3, -0.25) is 9.59 Å². The van der Waals surface area contributed by atoms with Crippen molar-refractivity contribution in [1.82, 2.24) is 4.90 Å². The smallest absolute Gasteiger partial charge is 0.295 e. The lowest BCUT2D eigenvalue weighted by atomic mass is 9.94. The second kappa shape index (κ2) is 9.59. The molecule has 6 heteroatoms. The number of ether oxygens (including phenoxy) is 2. The first-order valence-corrected chi connectivity index (χ1v) is 10.0. The second-order valence-corrected chi connectivity index (χ2v) is 7.37. The molecule has 2 aromatic rings. The summed E-state index contributed by atoms with van der Waals surface area (Å²) in [4.78, 5) is 27.4. The molecular formula is C24H27NO5. The minimum absolute atomic E-state index is 0.0699. The van der Waals surface area contributed by atoms with Crippen LogP contribution in [0.1, 0.15) is 37.4 Å². The Morgan fingerprint density at radius 2 is 1.73 bits per heavy atom. The van der Waals surface area contributed by atoms with Crippen molar-refractivity contribution < 1.29 is 24.2 Å². The largest absolute Gasteiger partial charge is 0.507 e. The van der Waals surface area contributed by atoms with Crippen molar-refractivity contribution in [3.8, 4) is 5.75 Å². The number of aliphatic hydroxyl groups is 1. The summed E-state index contributed by atoms with van der Waals surface area (Å²) in [6, 6.07) is 15.3. The molecule has 0 bridgehead atoms. The van der Waals surface area contributed by atoms with Crippen molar-refractivity contribution in [3.05, 3.63) is 71.3 Å². The summed E-state index contributed by atoms with van der Waals surface area (Å²) in [6.07, 6.45) is 0.658. The van der Waals surface area contributed by atoms with E-state index >= 15 is 0 Å². The Hall–Kier alpha value is -3.12. The fourth-order valence-corrected chi connectivity index (χ4v) is 3.63. The number of benzene rings is 2. The van der Waals surface area contributed by atoms with Crippen LogP contribution in [0.5, 0.6) is 5.75 Å². The monoisotopic (exact) mass is 409 g/mol. The third-order valence-electron chi connectivity index (χ3n) is 5.02. The zero-order chi connectivity index (χ0) is 21.7. The molecule has 0 saturated carbocycles. The summed E-state index contributed by atoms with van der Waals surface area (Å²) in [5.74, 6) is -0.970. The molecule has 0 spiro atoms. The van der Waals surface area contributed by atoms with Crippen LogP contribution in [-0.2, 0) is 14.3 Å². The number of methoxy groups -OCH3 is 1. The van der Waals surface area contributed by atoms with Crippen LogP contribution in [0.2, 0.25) is 0 Å². The minimum Gasteiger partial charge on any atom is -0.507 e. The summed E-state index contributed by atoms with van der Waals surface area (Å²) in [5, 5.41) is 11.0. The molecule has 3 rings (SSSR count). The lowest BCUT2D eigenvalue weighted by Crippen LogP contribution is -2.31. The van der Waals surface area contributed by atoms with Crippen molar-refractivity contribution in [2.45, 2.75) is 32.4 Å². The molecule has 1 amide bonds. The molecule has 1 saturated heterocycles. The number of ketones is 1. The Kier molecular flexibility index (Phi) is 6.90. The highest BCUT2D eigenvalue weighted by Crippen LogP contribution is 2.42. The van der Waals surface area contributed by atoms with Crippen LogP contribution in [0.15, 0.2) is 60.2 Å². The van der Waals surface area contributed by atoms with E-state index in [1.807, 2.05) is 38.1 Å². The van der Waals surface area contributed by atoms with E-state index in [9.17, 15) is 14.7 Å². The third-order valence-corrected chi connectivity index (χ3v) is 5.02. The number of carbonyl (C=O) groups is 2. The van der Waals surface area contributed by atoms with Gasteiger partial charge in [0.15, 0.2) is 0 Å². The van der Waals surface area contributed by atoms with E-state index in [0.29, 0.717) is 36.4 Å². The molecule has 0 unspecified atom stereocenters. The number of para-hydroxylation sites is 1. The number of likely N-dealkylation sites (tertiary alicyclic amines) is 1. The molecule has 0 aliphatic carbocycles. The second-order valence-electron chi connectivity index (χ2n) is 7.37. The van der Waals surface area contributed by atoms with Crippen molar-refractivity contribution in [2.24, 2.45) is 0 Å². The average molecular weight is 409 g/mol. The van der Waals surface area contributed by atoms with Crippen LogP contribution >= 0.6 is 0 Å². The van der Waals surface area contributed by atoms with Gasteiger partial charge in [-0.05, 0) is 26.3 Å². The van der Waals surface area contributed by atoms with Gasteiger partial charge in [-0.15, -0.1) is 0 Å². The van der Waals surface area contributed by atoms with E-state index < -0.39 is 17.7 Å². The predicted molar refractivity (Wildman–Crippen MR) is 114 cm³/mol. The molecular weight excluding hydrogens is 382 g/mol. The number of nitrogens with zero attached hydrogens (tertiary/aromatic N) is 1. The van der Waals surface area contributed by atoms with E-state index in [1.165, 1.54) is 4.90 Å². The lowest BCUT2D eigenvalue weighted by Gasteiger charge is -2.26. The molecule has 2 aromatic carbocycles. The van der Waals surface area contributed by atoms with Gasteiger partial charge in [0.2, 0.25) is 0 Å². The molecule has 0 radical (unpaired) electrons. The van der Waals surface area contributed by atoms with E-state index in [4.69, 9.17) is 9.47 Å². The number of aliphatic hydroxyl groups excluding tert-OH is 1. The molecule has 1 atom stereocenters. The lowest BCUT2D eigenvalue weighted by molar-refractivity contribution is -0.140. The maximum Gasteiger partial charge on any atom is 0.295 e. The van der Waals surface area contributed by atoms with Crippen LogP contribution in [0.3, 0.4) is 0 Å². The fourth-order valence-electron chi connectivity index (χ4n) is 3.63. The van der Waals surface area contributed by atoms with Crippen LogP contribution in [-0.4, -0.2) is 48.1 Å². The summed E-state index contributed by atoms with van der Waals surface area (Å²) in [7, 11) is 1.54. The van der Waals surface area contributed by atoms with Crippen molar-refractivity contribution in [3.63, 3.8) is 0 Å². The number of amides is 1. The van der Waals surface area contributed by atoms with E-state index in [0.717, 1.165) is 0 Å². The topological polar surface area (TPSA) is 76.1 Å². The van der Waals surface area contributed by atoms with Crippen molar-refractivity contribution in [1.29, 1.82) is 0 Å². The third kappa shape index (κ3) is 4.39. The average Bonchev–Trinajstić information content (AvgIpc) is 3.01. The SMILES string of the molecule is COc1ccccc1[C@@H]1C(=C(O)c2ccccc2)C(=O)C(=O)N1CCCOC(C)C. The summed E-state index contributed by atoms with van der Waals surface area (Å²) < 4.78 is 11.1. The molecule has 1 aliphatic rings. The van der Waals surface area contributed by atoms with Gasteiger partial charge >= 0.3 is 0 Å². The number of Topliss-reactive ketones (excluding diaryl/α,β-unsaturated/α-hetero) is 1. The highest BCUT2D eigenvalue weighted by atomic mass is 16.5. The predicted octanol–water partition coefficient (Wildman–Crippen LogP) is 3.93. The highest BCUT2D eigenvalue weighted by Gasteiger charge is 2.46. The Morgan fingerprint density at radius 1 is 1.07 bits per heavy atom. The van der Waals surface area contributed by atoms with Crippen LogP contribution in [0, 0.1) is 0 Å². The Labute approximate surface area is 176 Å². The van der Waals surface area contributed by atoms with Gasteiger partial charge in [-0.2, -0.15) is 0 Å². The van der Waals surface area contributed by atoms with Gasteiger partial charge in [0, 0.05) is 24.3 Å². The maximum absolute atomic E-state index is 13.0. The quantitative estimate of drug-likeness (QED) is 0.309. The zero-order valence-corrected chi connectivity index (χ0v) is 17.5. The highest BCUT2D eigenvalue weighted by molar-refractivity contribution is 6.46. The molecule has 1 fully saturated rings. The van der Waals surface area contributed by atoms with Gasteiger partial charge in [-0.1, -0.05) is 48.5 Å². The van der Waals surface area contributed by atoms with Gasteiger partial charge in [-0.25, -0.2) is 0 Å². The van der Waals surface area contributed by atoms with Crippen LogP contribution in [0.25, 0.3) is 5.76 Å². The normalized spacial score (nSPS) is 18.3. The number of hydrogen-bond donors (Lipinski definition) is 1. The first-order chi connectivity index (χ1) is 14.5. The van der Waals surface area contributed by atoms with Crippen molar-refractivity contribution >= 4 is 17.4 Å². The minimum atomic E-state index is -0.736. The fraction of sp³-hybridized carbons (Fsp3) is 0.333. The number of rotatable bonds is 8. The Bertz CT molecular complexity index is 936. The molecule has 1 aliphatic heterocycles. The summed E-state index contributed by atoms with van der Waals surface area (Å²) in [5.41, 5.74) is 1.21. The molecule has 6 nitrogen and oxygen atoms in total. The molecule has 1 heterocycles. The molecule has 0 aromatic heterocycles. The van der Waals surface area contributed by atoms with Gasteiger partial charge in [0.25, 0.3) is 11.7 Å². The standard InChI is InChI=1S/C24H27NO5/c1-16(2)30-15-9-14-25-21(18-12-7-8-13-19(18)29-3)20(23(27)24(25)28)22(26)17-10-5-4-6-11-17/h4-8,10-13,16,21,26H,9,14-15H2,1-3H3/t21-/m1/s1. The van der Waals surface area contributed by atoms with Crippen LogP contribution < -0.4 is 4.74 Å². The van der Waals surface area contributed by atoms with E-state index in [1.54, 1.807) is 37.4 Å². The van der Waals surface area contributed by atoms with Gasteiger partial charge in [0.1, 0.15) is 11.5 Å². The summed E-state index contributed by atoms with van der Waals surface area (Å²) in [6.45, 7) is 4.69. The summed E-state index contributed by atoms with van der Waals surface area (Å²) >= 11 is 0. The zero-order valence-electron chi connectivity index (χ0n) is 17.5. The first kappa shape index (κ1) is 21.6. The first-order valence-electron chi connectivity index (χ1n) is 10.0. The Balaban J connectivity index is 2.06. The Morgan fingerprint density at radius 3 is 2.40 bits per heavy atom. The molecule has 158 valence electrons. The van der Waals surface area contributed by atoms with E-state index in [2.05, 4.69) is 0 Å². The number of hydrogen-bond acceptors (Lipinski definition) is 5. The van der Waals surface area contributed by atoms with E-state index in [-0.39, 0.29) is 17.4 Å². The van der Waals surface area contributed by atoms with Gasteiger partial charge < -0.3 is 19.5 Å². The van der Waals surface area contributed by atoms with Gasteiger partial charge in [0.05, 0.1) is 24.8 Å². The van der Waals surface area contributed by atoms with Crippen LogP contribution in [0.4, 0.5) is 0 Å². The number of carbonyl (C=O) groups excluding carboxylic acids is 2. The molecule has 30 heavy (non-hydrogen) atoms. The molecule has 1 N–H and O–H groups in total. The maximum atomic E-state index is 13.0.